The maximum atomic E-state index is 4.06. The molecule has 0 heteroatoms. The van der Waals surface area contributed by atoms with E-state index in [0.29, 0.717) is 5.41 Å². The second-order valence-corrected chi connectivity index (χ2v) is 3.59. The van der Waals surface area contributed by atoms with Gasteiger partial charge >= 0.3 is 0 Å². The number of hydrogen-bond acceptors (Lipinski definition) is 0. The molecule has 84 valence electrons. The average Bonchev–Trinajstić information content (AvgIpc) is 1.86. The molecule has 0 aliphatic carbocycles. The van der Waals surface area contributed by atoms with E-state index in [1.54, 1.807) is 0 Å². The van der Waals surface area contributed by atoms with E-state index in [0.717, 1.165) is 6.42 Å². The van der Waals surface area contributed by atoms with Crippen molar-refractivity contribution in [2.24, 2.45) is 5.41 Å². The van der Waals surface area contributed by atoms with Gasteiger partial charge in [0.05, 0.1) is 0 Å². The summed E-state index contributed by atoms with van der Waals surface area (Å²) in [5.41, 5.74) is 1.75. The van der Waals surface area contributed by atoms with Crippen molar-refractivity contribution in [3.8, 4) is 0 Å². The monoisotopic (exact) mass is 188 g/mol. The zero-order valence-corrected chi connectivity index (χ0v) is 7.83. The third kappa shape index (κ3) is 8.08. The Morgan fingerprint density at radius 2 is 1.46 bits per heavy atom. The minimum absolute atomic E-state index is 0. The summed E-state index contributed by atoms with van der Waals surface area (Å²) >= 11 is 0. The fourth-order valence-corrected chi connectivity index (χ4v) is 1.28. The molecule has 0 fully saturated rings. The van der Waals surface area contributed by atoms with Crippen LogP contribution in [0.15, 0.2) is 12.2 Å². The van der Waals surface area contributed by atoms with Crippen molar-refractivity contribution in [3.63, 3.8) is 0 Å². The lowest BCUT2D eigenvalue weighted by atomic mass is 9.80. The second kappa shape index (κ2) is 9.83. The molecule has 0 atom stereocenters. The van der Waals surface area contributed by atoms with Gasteiger partial charge in [0.15, 0.2) is 0 Å². The minimum atomic E-state index is 0. The third-order valence-corrected chi connectivity index (χ3v) is 2.26. The van der Waals surface area contributed by atoms with Crippen molar-refractivity contribution in [2.75, 3.05) is 0 Å². The van der Waals surface area contributed by atoms with E-state index in [-0.39, 0.29) is 22.3 Å². The van der Waals surface area contributed by atoms with E-state index in [9.17, 15) is 0 Å². The molecule has 0 unspecified atom stereocenters. The van der Waals surface area contributed by atoms with Crippen LogP contribution < -0.4 is 0 Å². The standard InChI is InChI=1S/C10H20.3CH4/c1-6-8-10(4,5)9(3)7-2;;;/h3,6-8H2,1-2,4-5H3;3*1H4. The highest BCUT2D eigenvalue weighted by Crippen LogP contribution is 2.31. The van der Waals surface area contributed by atoms with Crippen molar-refractivity contribution in [3.05, 3.63) is 12.2 Å². The Hall–Kier alpha value is -0.260. The molecular weight excluding hydrogens is 156 g/mol. The highest BCUT2D eigenvalue weighted by atomic mass is 14.2. The van der Waals surface area contributed by atoms with Crippen LogP contribution >= 0.6 is 0 Å². The molecule has 0 aliphatic heterocycles. The fourth-order valence-electron chi connectivity index (χ4n) is 1.28. The molecule has 0 nitrogen and oxygen atoms in total. The van der Waals surface area contributed by atoms with Gasteiger partial charge in [0.2, 0.25) is 0 Å². The van der Waals surface area contributed by atoms with E-state index >= 15 is 0 Å². The number of allylic oxidation sites excluding steroid dienone is 1. The molecule has 0 N–H and O–H groups in total. The van der Waals surface area contributed by atoms with Crippen LogP contribution in [0.5, 0.6) is 0 Å². The van der Waals surface area contributed by atoms with E-state index in [1.165, 1.54) is 18.4 Å². The Morgan fingerprint density at radius 1 is 1.08 bits per heavy atom. The molecule has 0 bridgehead atoms. The zero-order valence-electron chi connectivity index (χ0n) is 7.83. The summed E-state index contributed by atoms with van der Waals surface area (Å²) < 4.78 is 0. The zero-order chi connectivity index (χ0) is 8.20. The Labute approximate surface area is 87.4 Å². The molecule has 0 saturated heterocycles. The van der Waals surface area contributed by atoms with Gasteiger partial charge in [0.25, 0.3) is 0 Å². The Kier molecular flexibility index (Phi) is 17.4. The van der Waals surface area contributed by atoms with Gasteiger partial charge in [-0.25, -0.2) is 0 Å². The molecule has 0 radical (unpaired) electrons. The fraction of sp³-hybridized carbons (Fsp3) is 0.846. The quantitative estimate of drug-likeness (QED) is 0.497. The van der Waals surface area contributed by atoms with E-state index < -0.39 is 0 Å². The molecule has 0 aromatic carbocycles. The van der Waals surface area contributed by atoms with Gasteiger partial charge < -0.3 is 0 Å². The molecule has 0 aromatic heterocycles. The van der Waals surface area contributed by atoms with Crippen molar-refractivity contribution < 1.29 is 0 Å². The smallest absolute Gasteiger partial charge is 0.0148 e. The summed E-state index contributed by atoms with van der Waals surface area (Å²) in [6.07, 6.45) is 3.64. The lowest BCUT2D eigenvalue weighted by Gasteiger charge is -2.25. The molecule has 0 aliphatic rings. The summed E-state index contributed by atoms with van der Waals surface area (Å²) in [4.78, 5) is 0. The second-order valence-electron chi connectivity index (χ2n) is 3.59. The Balaban J connectivity index is -0.000000135. The molecule has 13 heavy (non-hydrogen) atoms. The molecule has 0 aromatic rings. The van der Waals surface area contributed by atoms with Crippen LogP contribution in [-0.2, 0) is 0 Å². The summed E-state index contributed by atoms with van der Waals surface area (Å²) in [6, 6.07) is 0. The highest BCUT2D eigenvalue weighted by Gasteiger charge is 2.18. The Morgan fingerprint density at radius 3 is 1.69 bits per heavy atom. The van der Waals surface area contributed by atoms with Gasteiger partial charge in [-0.3, -0.25) is 0 Å². The van der Waals surface area contributed by atoms with Crippen LogP contribution in [0.2, 0.25) is 0 Å². The lowest BCUT2D eigenvalue weighted by molar-refractivity contribution is 0.394. The van der Waals surface area contributed by atoms with Crippen LogP contribution in [0.1, 0.15) is 69.2 Å². The van der Waals surface area contributed by atoms with Gasteiger partial charge in [-0.05, 0) is 18.3 Å². The summed E-state index contributed by atoms with van der Waals surface area (Å²) in [6.45, 7) is 13.0. The van der Waals surface area contributed by atoms with Gasteiger partial charge in [0.1, 0.15) is 0 Å². The van der Waals surface area contributed by atoms with Gasteiger partial charge in [-0.15, -0.1) is 0 Å². The van der Waals surface area contributed by atoms with Crippen LogP contribution in [0.3, 0.4) is 0 Å². The topological polar surface area (TPSA) is 0 Å². The predicted octanol–water partition coefficient (Wildman–Crippen LogP) is 5.69. The normalized spacial score (nSPS) is 8.92. The number of hydrogen-bond donors (Lipinski definition) is 0. The van der Waals surface area contributed by atoms with Crippen LogP contribution in [-0.4, -0.2) is 0 Å². The summed E-state index contributed by atoms with van der Waals surface area (Å²) in [7, 11) is 0. The van der Waals surface area contributed by atoms with Crippen LogP contribution in [0.4, 0.5) is 0 Å². The largest absolute Gasteiger partial charge is 0.0993 e. The predicted molar refractivity (Wildman–Crippen MR) is 68.3 cm³/mol. The molecule has 0 saturated carbocycles. The Bertz CT molecular complexity index is 109. The molecule has 0 rings (SSSR count). The lowest BCUT2D eigenvalue weighted by Crippen LogP contribution is -2.12. The maximum Gasteiger partial charge on any atom is -0.0148 e. The average molecular weight is 188 g/mol. The summed E-state index contributed by atoms with van der Waals surface area (Å²) in [5, 5.41) is 0. The van der Waals surface area contributed by atoms with E-state index in [2.05, 4.69) is 34.3 Å². The van der Waals surface area contributed by atoms with E-state index in [4.69, 9.17) is 0 Å². The third-order valence-electron chi connectivity index (χ3n) is 2.26. The van der Waals surface area contributed by atoms with Crippen molar-refractivity contribution in [1.82, 2.24) is 0 Å². The first-order chi connectivity index (χ1) is 4.54. The van der Waals surface area contributed by atoms with Crippen molar-refractivity contribution in [2.45, 2.75) is 69.2 Å². The number of rotatable bonds is 4. The maximum absolute atomic E-state index is 4.06. The first-order valence-corrected chi connectivity index (χ1v) is 4.22. The van der Waals surface area contributed by atoms with Gasteiger partial charge in [0, 0.05) is 0 Å². The van der Waals surface area contributed by atoms with E-state index in [1.807, 2.05) is 0 Å². The first-order valence-electron chi connectivity index (χ1n) is 4.22. The minimum Gasteiger partial charge on any atom is -0.0993 e. The van der Waals surface area contributed by atoms with Gasteiger partial charge in [-0.1, -0.05) is 68.5 Å². The summed E-state index contributed by atoms with van der Waals surface area (Å²) in [5.74, 6) is 0. The molecule has 0 amide bonds. The highest BCUT2D eigenvalue weighted by molar-refractivity contribution is 5.05. The van der Waals surface area contributed by atoms with Crippen molar-refractivity contribution >= 4 is 0 Å². The molecular formula is C13H32. The molecule has 0 heterocycles. The van der Waals surface area contributed by atoms with Crippen LogP contribution in [0, 0.1) is 5.41 Å². The molecule has 0 spiro atoms. The first kappa shape index (κ1) is 23.0. The van der Waals surface area contributed by atoms with Crippen LogP contribution in [0.25, 0.3) is 0 Å². The SMILES string of the molecule is C.C.C.C=C(CC)C(C)(C)CCC. The van der Waals surface area contributed by atoms with Gasteiger partial charge in [-0.2, -0.15) is 0 Å². The van der Waals surface area contributed by atoms with Crippen molar-refractivity contribution in [1.29, 1.82) is 0 Å².